The van der Waals surface area contributed by atoms with Crippen LogP contribution in [0.5, 0.6) is 11.5 Å². The topological polar surface area (TPSA) is 30.8 Å². The summed E-state index contributed by atoms with van der Waals surface area (Å²) in [6.07, 6.45) is 2.76. The van der Waals surface area contributed by atoms with Gasteiger partial charge >= 0.3 is 0 Å². The smallest absolute Gasteiger partial charge is 0.138 e. The highest BCUT2D eigenvalue weighted by Crippen LogP contribution is 2.38. The van der Waals surface area contributed by atoms with Gasteiger partial charge in [-0.25, -0.2) is 13.2 Å². The van der Waals surface area contributed by atoms with Crippen LogP contribution >= 0.6 is 0 Å². The highest BCUT2D eigenvalue weighted by molar-refractivity contribution is 5.96. The van der Waals surface area contributed by atoms with E-state index in [1.807, 2.05) is 0 Å². The van der Waals surface area contributed by atoms with Crippen LogP contribution in [0.2, 0.25) is 0 Å². The minimum absolute atomic E-state index is 0.150. The number of halogens is 3. The largest absolute Gasteiger partial charge is 0.497 e. The van der Waals surface area contributed by atoms with Crippen molar-refractivity contribution in [3.8, 4) is 11.5 Å². The SMILES string of the molecule is COc1cc(OC)cc(C2=C(c3c(F)cc(F)cc3F)N=CCC2)c1. The second-order valence-corrected chi connectivity index (χ2v) is 5.52. The van der Waals surface area contributed by atoms with Gasteiger partial charge in [0.15, 0.2) is 0 Å². The summed E-state index contributed by atoms with van der Waals surface area (Å²) in [5.74, 6) is -1.84. The van der Waals surface area contributed by atoms with Gasteiger partial charge < -0.3 is 9.47 Å². The molecule has 2 aromatic carbocycles. The first kappa shape index (κ1) is 17.1. The second-order valence-electron chi connectivity index (χ2n) is 5.52. The Balaban J connectivity index is 2.24. The third kappa shape index (κ3) is 3.38. The maximum absolute atomic E-state index is 14.2. The summed E-state index contributed by atoms with van der Waals surface area (Å²) in [4.78, 5) is 4.19. The van der Waals surface area contributed by atoms with E-state index in [9.17, 15) is 13.2 Å². The highest BCUT2D eigenvalue weighted by Gasteiger charge is 2.22. The Kier molecular flexibility index (Phi) is 4.79. The quantitative estimate of drug-likeness (QED) is 0.791. The van der Waals surface area contributed by atoms with E-state index in [4.69, 9.17) is 9.47 Å². The molecular weight excluding hydrogens is 331 g/mol. The molecule has 0 saturated carbocycles. The Morgan fingerprint density at radius 3 is 2.04 bits per heavy atom. The summed E-state index contributed by atoms with van der Waals surface area (Å²) in [5, 5.41) is 0. The molecule has 1 aliphatic rings. The van der Waals surface area contributed by atoms with Gasteiger partial charge in [-0.15, -0.1) is 0 Å². The van der Waals surface area contributed by atoms with Crippen LogP contribution < -0.4 is 9.47 Å². The maximum Gasteiger partial charge on any atom is 0.138 e. The van der Waals surface area contributed by atoms with Crippen molar-refractivity contribution in [2.45, 2.75) is 12.8 Å². The number of hydrogen-bond donors (Lipinski definition) is 0. The molecule has 6 heteroatoms. The molecule has 0 fully saturated rings. The molecular formula is C19H16F3NO2. The van der Waals surface area contributed by atoms with E-state index in [1.54, 1.807) is 24.4 Å². The third-order valence-electron chi connectivity index (χ3n) is 3.97. The number of ether oxygens (including phenoxy) is 2. The van der Waals surface area contributed by atoms with Crippen LogP contribution in [-0.2, 0) is 0 Å². The number of rotatable bonds is 4. The van der Waals surface area contributed by atoms with E-state index in [1.165, 1.54) is 14.2 Å². The Bertz CT molecular complexity index is 830. The summed E-state index contributed by atoms with van der Waals surface area (Å²) >= 11 is 0. The molecule has 0 atom stereocenters. The maximum atomic E-state index is 14.2. The molecule has 0 spiro atoms. The number of allylic oxidation sites excluding steroid dienone is 1. The van der Waals surface area contributed by atoms with Crippen LogP contribution in [0.4, 0.5) is 13.2 Å². The first-order chi connectivity index (χ1) is 12.0. The van der Waals surface area contributed by atoms with Gasteiger partial charge in [-0.2, -0.15) is 0 Å². The zero-order chi connectivity index (χ0) is 18.0. The Hall–Kier alpha value is -2.76. The molecule has 0 aromatic heterocycles. The van der Waals surface area contributed by atoms with E-state index in [-0.39, 0.29) is 11.3 Å². The van der Waals surface area contributed by atoms with Crippen molar-refractivity contribution < 1.29 is 22.6 Å². The monoisotopic (exact) mass is 347 g/mol. The molecule has 1 aliphatic heterocycles. The molecule has 0 amide bonds. The van der Waals surface area contributed by atoms with Crippen molar-refractivity contribution in [1.29, 1.82) is 0 Å². The number of methoxy groups -OCH3 is 2. The fourth-order valence-electron chi connectivity index (χ4n) is 2.81. The van der Waals surface area contributed by atoms with E-state index in [0.717, 1.165) is 0 Å². The second kappa shape index (κ2) is 7.01. The average molecular weight is 347 g/mol. The average Bonchev–Trinajstić information content (AvgIpc) is 2.60. The van der Waals surface area contributed by atoms with Gasteiger partial charge in [0.1, 0.15) is 29.0 Å². The van der Waals surface area contributed by atoms with Gasteiger partial charge in [0.05, 0.1) is 25.5 Å². The van der Waals surface area contributed by atoms with Gasteiger partial charge in [0.2, 0.25) is 0 Å². The number of aliphatic imine (C=N–C) groups is 1. The highest BCUT2D eigenvalue weighted by atomic mass is 19.1. The zero-order valence-corrected chi connectivity index (χ0v) is 13.8. The van der Waals surface area contributed by atoms with Crippen molar-refractivity contribution in [1.82, 2.24) is 0 Å². The van der Waals surface area contributed by atoms with Crippen molar-refractivity contribution in [2.75, 3.05) is 14.2 Å². The van der Waals surface area contributed by atoms with Gasteiger partial charge in [0, 0.05) is 24.4 Å². The molecule has 0 radical (unpaired) electrons. The van der Waals surface area contributed by atoms with E-state index >= 15 is 0 Å². The first-order valence-corrected chi connectivity index (χ1v) is 7.67. The molecule has 0 saturated heterocycles. The Labute approximate surface area is 143 Å². The lowest BCUT2D eigenvalue weighted by Crippen LogP contribution is -2.03. The summed E-state index contributed by atoms with van der Waals surface area (Å²) in [6, 6.07) is 6.50. The number of nitrogens with zero attached hydrogens (tertiary/aromatic N) is 1. The van der Waals surface area contributed by atoms with Crippen LogP contribution in [-0.4, -0.2) is 20.4 Å². The Morgan fingerprint density at radius 1 is 0.880 bits per heavy atom. The number of benzene rings is 2. The van der Waals surface area contributed by atoms with Gasteiger partial charge in [-0.05, 0) is 36.1 Å². The van der Waals surface area contributed by atoms with E-state index in [0.29, 0.717) is 47.6 Å². The van der Waals surface area contributed by atoms with Crippen LogP contribution in [0, 0.1) is 17.5 Å². The van der Waals surface area contributed by atoms with Crippen molar-refractivity contribution in [3.63, 3.8) is 0 Å². The molecule has 130 valence electrons. The van der Waals surface area contributed by atoms with Crippen LogP contribution in [0.25, 0.3) is 11.3 Å². The van der Waals surface area contributed by atoms with Crippen molar-refractivity contribution >= 4 is 17.5 Å². The zero-order valence-electron chi connectivity index (χ0n) is 13.8. The lowest BCUT2D eigenvalue weighted by atomic mass is 9.93. The normalized spacial score (nSPS) is 14.0. The molecule has 3 rings (SSSR count). The molecule has 0 unspecified atom stereocenters. The summed E-state index contributed by atoms with van der Waals surface area (Å²) in [7, 11) is 3.04. The number of hydrogen-bond acceptors (Lipinski definition) is 3. The summed E-state index contributed by atoms with van der Waals surface area (Å²) < 4.78 is 52.2. The lowest BCUT2D eigenvalue weighted by Gasteiger charge is -2.18. The standard InChI is InChI=1S/C19H16F3NO2/c1-24-13-6-11(7-14(10-13)25-2)15-4-3-5-23-19(15)18-16(21)8-12(20)9-17(18)22/h5-10H,3-4H2,1-2H3. The molecule has 1 heterocycles. The molecule has 0 bridgehead atoms. The predicted octanol–water partition coefficient (Wildman–Crippen LogP) is 4.85. The lowest BCUT2D eigenvalue weighted by molar-refractivity contribution is 0.394. The van der Waals surface area contributed by atoms with Crippen molar-refractivity contribution in [2.24, 2.45) is 4.99 Å². The first-order valence-electron chi connectivity index (χ1n) is 7.67. The van der Waals surface area contributed by atoms with Crippen LogP contribution in [0.15, 0.2) is 35.3 Å². The van der Waals surface area contributed by atoms with Gasteiger partial charge in [-0.3, -0.25) is 4.99 Å². The molecule has 25 heavy (non-hydrogen) atoms. The molecule has 0 aliphatic carbocycles. The van der Waals surface area contributed by atoms with E-state index < -0.39 is 17.5 Å². The third-order valence-corrected chi connectivity index (χ3v) is 3.97. The fourth-order valence-corrected chi connectivity index (χ4v) is 2.81. The molecule has 2 aromatic rings. The van der Waals surface area contributed by atoms with Crippen LogP contribution in [0.3, 0.4) is 0 Å². The fraction of sp³-hybridized carbons (Fsp3) is 0.211. The minimum atomic E-state index is -0.987. The molecule has 0 N–H and O–H groups in total. The summed E-state index contributed by atoms with van der Waals surface area (Å²) in [6.45, 7) is 0. The van der Waals surface area contributed by atoms with Gasteiger partial charge in [0.25, 0.3) is 0 Å². The molecule has 3 nitrogen and oxygen atoms in total. The van der Waals surface area contributed by atoms with Crippen molar-refractivity contribution in [3.05, 3.63) is 58.9 Å². The predicted molar refractivity (Wildman–Crippen MR) is 90.4 cm³/mol. The van der Waals surface area contributed by atoms with Crippen LogP contribution in [0.1, 0.15) is 24.0 Å². The van der Waals surface area contributed by atoms with E-state index in [2.05, 4.69) is 4.99 Å². The summed E-state index contributed by atoms with van der Waals surface area (Å²) in [5.41, 5.74) is 1.14. The Morgan fingerprint density at radius 2 is 1.48 bits per heavy atom. The minimum Gasteiger partial charge on any atom is -0.497 e. The van der Waals surface area contributed by atoms with Gasteiger partial charge in [-0.1, -0.05) is 0 Å².